The molecule has 1 rings (SSSR count). The summed E-state index contributed by atoms with van der Waals surface area (Å²) in [5.74, 6) is -0.940. The highest BCUT2D eigenvalue weighted by Crippen LogP contribution is 2.26. The molecule has 0 fully saturated rings. The van der Waals surface area contributed by atoms with Crippen molar-refractivity contribution in [2.45, 2.75) is 3.79 Å². The number of benzene rings is 1. The second-order valence-corrected chi connectivity index (χ2v) is 5.20. The molecule has 0 heterocycles. The van der Waals surface area contributed by atoms with Crippen molar-refractivity contribution in [2.24, 2.45) is 0 Å². The minimum Gasteiger partial charge on any atom is -0.429 e. The van der Waals surface area contributed by atoms with Crippen LogP contribution in [0.1, 0.15) is 0 Å². The van der Waals surface area contributed by atoms with Crippen molar-refractivity contribution in [3.05, 3.63) is 30.1 Å². The van der Waals surface area contributed by atoms with Crippen LogP contribution in [-0.2, 0) is 4.74 Å². The quantitative estimate of drug-likeness (QED) is 0.472. The van der Waals surface area contributed by atoms with Gasteiger partial charge >= 0.3 is 6.16 Å². The Labute approximate surface area is 106 Å². The molecule has 1 aromatic carbocycles. The minimum absolute atomic E-state index is 0.253. The first kappa shape index (κ1) is 13.4. The van der Waals surface area contributed by atoms with Gasteiger partial charge in [-0.15, -0.1) is 0 Å². The third kappa shape index (κ3) is 4.88. The Hall–Kier alpha value is -0.710. The zero-order valence-corrected chi connectivity index (χ0v) is 10.0. The Morgan fingerprint density at radius 2 is 1.94 bits per heavy atom. The van der Waals surface area contributed by atoms with Gasteiger partial charge in [-0.2, -0.15) is 0 Å². The Bertz CT molecular complexity index is 379. The molecule has 0 N–H and O–H groups in total. The second-order valence-electron chi connectivity index (χ2n) is 2.69. The van der Waals surface area contributed by atoms with Crippen LogP contribution in [0.25, 0.3) is 0 Å². The zero-order valence-electron chi connectivity index (χ0n) is 7.75. The lowest BCUT2D eigenvalue weighted by Crippen LogP contribution is -2.19. The van der Waals surface area contributed by atoms with Crippen molar-refractivity contribution < 1.29 is 18.7 Å². The third-order valence-corrected chi connectivity index (χ3v) is 1.71. The predicted octanol–water partition coefficient (Wildman–Crippen LogP) is 3.71. The standard InChI is InChI=1S/C9H6Cl3FO3/c10-9(11,12)5-15-8(14)16-7-4-2-1-3-6(7)13/h1-4H,5H2. The molecule has 1 aromatic rings. The number of para-hydroxylation sites is 1. The normalized spacial score (nSPS) is 11.0. The highest BCUT2D eigenvalue weighted by atomic mass is 35.6. The molecule has 0 radical (unpaired) electrons. The largest absolute Gasteiger partial charge is 0.514 e. The molecular formula is C9H6Cl3FO3. The first-order valence-electron chi connectivity index (χ1n) is 4.04. The van der Waals surface area contributed by atoms with Crippen LogP contribution in [0.15, 0.2) is 24.3 Å². The summed E-state index contributed by atoms with van der Waals surface area (Å²) in [7, 11) is 0. The van der Waals surface area contributed by atoms with Crippen molar-refractivity contribution in [3.63, 3.8) is 0 Å². The van der Waals surface area contributed by atoms with E-state index >= 15 is 0 Å². The molecule has 7 heteroatoms. The molecule has 0 saturated carbocycles. The summed E-state index contributed by atoms with van der Waals surface area (Å²) in [4.78, 5) is 11.0. The van der Waals surface area contributed by atoms with Gasteiger partial charge in [0.2, 0.25) is 3.79 Å². The van der Waals surface area contributed by atoms with Crippen LogP contribution in [0.4, 0.5) is 9.18 Å². The SMILES string of the molecule is O=C(OCC(Cl)(Cl)Cl)Oc1ccccc1F. The lowest BCUT2D eigenvalue weighted by molar-refractivity contribution is 0.0993. The minimum atomic E-state index is -1.73. The summed E-state index contributed by atoms with van der Waals surface area (Å²) in [6, 6.07) is 5.36. The lowest BCUT2D eigenvalue weighted by Gasteiger charge is -2.11. The van der Waals surface area contributed by atoms with Gasteiger partial charge in [-0.25, -0.2) is 9.18 Å². The van der Waals surface area contributed by atoms with Gasteiger partial charge in [-0.05, 0) is 12.1 Å². The van der Waals surface area contributed by atoms with Crippen LogP contribution in [0.5, 0.6) is 5.75 Å². The molecule has 88 valence electrons. The van der Waals surface area contributed by atoms with Crippen LogP contribution in [0, 0.1) is 5.82 Å². The first-order chi connectivity index (χ1) is 7.38. The molecule has 0 atom stereocenters. The van der Waals surface area contributed by atoms with Gasteiger partial charge in [-0.3, -0.25) is 0 Å². The van der Waals surface area contributed by atoms with Gasteiger partial charge < -0.3 is 9.47 Å². The van der Waals surface area contributed by atoms with Gasteiger partial charge in [0.1, 0.15) is 6.61 Å². The van der Waals surface area contributed by atoms with Crippen LogP contribution in [-0.4, -0.2) is 16.6 Å². The van der Waals surface area contributed by atoms with E-state index in [0.29, 0.717) is 0 Å². The number of ether oxygens (including phenoxy) is 2. The van der Waals surface area contributed by atoms with E-state index in [-0.39, 0.29) is 5.75 Å². The number of carbonyl (C=O) groups is 1. The summed E-state index contributed by atoms with van der Waals surface area (Å²) < 4.78 is 20.3. The Kier molecular flexibility index (Phi) is 4.65. The van der Waals surface area contributed by atoms with Gasteiger partial charge in [0.15, 0.2) is 11.6 Å². The third-order valence-electron chi connectivity index (χ3n) is 1.38. The van der Waals surface area contributed by atoms with E-state index in [9.17, 15) is 9.18 Å². The van der Waals surface area contributed by atoms with Crippen molar-refractivity contribution in [2.75, 3.05) is 6.61 Å². The Morgan fingerprint density at radius 3 is 2.50 bits per heavy atom. The smallest absolute Gasteiger partial charge is 0.429 e. The average molecular weight is 288 g/mol. The average Bonchev–Trinajstić information content (AvgIpc) is 2.18. The maximum Gasteiger partial charge on any atom is 0.514 e. The van der Waals surface area contributed by atoms with Gasteiger partial charge in [-0.1, -0.05) is 46.9 Å². The highest BCUT2D eigenvalue weighted by molar-refractivity contribution is 6.67. The van der Waals surface area contributed by atoms with Crippen LogP contribution < -0.4 is 4.74 Å². The number of hydrogen-bond acceptors (Lipinski definition) is 3. The topological polar surface area (TPSA) is 35.5 Å². The predicted molar refractivity (Wildman–Crippen MR) is 58.7 cm³/mol. The van der Waals surface area contributed by atoms with Crippen LogP contribution in [0.3, 0.4) is 0 Å². The van der Waals surface area contributed by atoms with Crippen molar-refractivity contribution in [1.82, 2.24) is 0 Å². The number of alkyl halides is 3. The van der Waals surface area contributed by atoms with Crippen LogP contribution in [0.2, 0.25) is 0 Å². The number of rotatable bonds is 2. The molecule has 0 bridgehead atoms. The van der Waals surface area contributed by atoms with Crippen molar-refractivity contribution >= 4 is 41.0 Å². The van der Waals surface area contributed by atoms with E-state index in [0.717, 1.165) is 6.07 Å². The molecule has 3 nitrogen and oxygen atoms in total. The maximum atomic E-state index is 13.0. The monoisotopic (exact) mass is 286 g/mol. The fourth-order valence-electron chi connectivity index (χ4n) is 0.788. The number of carbonyl (C=O) groups excluding carboxylic acids is 1. The molecule has 0 aliphatic rings. The van der Waals surface area contributed by atoms with E-state index in [4.69, 9.17) is 34.8 Å². The molecule has 0 saturated heterocycles. The lowest BCUT2D eigenvalue weighted by atomic mass is 10.3. The van der Waals surface area contributed by atoms with E-state index < -0.39 is 22.4 Å². The maximum absolute atomic E-state index is 13.0. The Balaban J connectivity index is 2.50. The van der Waals surface area contributed by atoms with Gasteiger partial charge in [0, 0.05) is 0 Å². The molecule has 0 amide bonds. The van der Waals surface area contributed by atoms with E-state index in [1.54, 1.807) is 0 Å². The molecular weight excluding hydrogens is 281 g/mol. The van der Waals surface area contributed by atoms with Gasteiger partial charge in [0.25, 0.3) is 0 Å². The molecule has 0 aliphatic carbocycles. The first-order valence-corrected chi connectivity index (χ1v) is 5.18. The summed E-state index contributed by atoms with van der Waals surface area (Å²) >= 11 is 16.0. The molecule has 0 aliphatic heterocycles. The number of halogens is 4. The second kappa shape index (κ2) is 5.57. The molecule has 0 aromatic heterocycles. The van der Waals surface area contributed by atoms with Crippen molar-refractivity contribution in [1.29, 1.82) is 0 Å². The summed E-state index contributed by atoms with van der Waals surface area (Å²) in [6.45, 7) is -0.481. The Morgan fingerprint density at radius 1 is 1.31 bits per heavy atom. The zero-order chi connectivity index (χ0) is 12.2. The molecule has 0 spiro atoms. The van der Waals surface area contributed by atoms with E-state index in [1.807, 2.05) is 0 Å². The van der Waals surface area contributed by atoms with E-state index in [2.05, 4.69) is 9.47 Å². The summed E-state index contributed by atoms with van der Waals surface area (Å²) in [5, 5.41) is 0. The summed E-state index contributed by atoms with van der Waals surface area (Å²) in [5.41, 5.74) is 0. The van der Waals surface area contributed by atoms with Crippen LogP contribution >= 0.6 is 34.8 Å². The summed E-state index contributed by atoms with van der Waals surface area (Å²) in [6.07, 6.45) is -1.14. The van der Waals surface area contributed by atoms with Crippen molar-refractivity contribution in [3.8, 4) is 5.75 Å². The fourth-order valence-corrected chi connectivity index (χ4v) is 0.951. The fraction of sp³-hybridized carbons (Fsp3) is 0.222. The molecule has 16 heavy (non-hydrogen) atoms. The van der Waals surface area contributed by atoms with Gasteiger partial charge in [0.05, 0.1) is 0 Å². The number of hydrogen-bond donors (Lipinski definition) is 0. The van der Waals surface area contributed by atoms with E-state index in [1.165, 1.54) is 18.2 Å². The highest BCUT2D eigenvalue weighted by Gasteiger charge is 2.23. The molecule has 0 unspecified atom stereocenters.